The maximum atomic E-state index is 11.7. The molecule has 88 heavy (non-hydrogen) atoms. The fourth-order valence-corrected chi connectivity index (χ4v) is 12.8. The van der Waals surface area contributed by atoms with Crippen molar-refractivity contribution in [1.29, 1.82) is 0 Å². The summed E-state index contributed by atoms with van der Waals surface area (Å²) in [5, 5.41) is 21.9. The summed E-state index contributed by atoms with van der Waals surface area (Å²) >= 11 is 3.68. The van der Waals surface area contributed by atoms with Crippen LogP contribution in [0.1, 0.15) is 206 Å². The molecule has 0 fully saturated rings. The second kappa shape index (κ2) is 36.6. The quantitative estimate of drug-likeness (QED) is 0.0448. The Morgan fingerprint density at radius 2 is 0.841 bits per heavy atom. The van der Waals surface area contributed by atoms with Crippen LogP contribution in [0, 0.1) is 63.5 Å². The molecule has 8 aromatic rings. The topological polar surface area (TPSA) is 100 Å². The van der Waals surface area contributed by atoms with Crippen molar-refractivity contribution < 1.29 is 60.0 Å². The third kappa shape index (κ3) is 22.0. The van der Waals surface area contributed by atoms with Crippen molar-refractivity contribution in [2.24, 2.45) is 23.7 Å². The van der Waals surface area contributed by atoms with Gasteiger partial charge in [-0.15, -0.1) is 92.5 Å². The molecule has 0 saturated carbocycles. The normalized spacial score (nSPS) is 11.8. The Labute approximate surface area is 565 Å². The molecule has 0 unspecified atom stereocenters. The zero-order chi connectivity index (χ0) is 63.6. The molecular weight excluding hydrogens is 1480 g/mol. The van der Waals surface area contributed by atoms with Crippen molar-refractivity contribution in [1.82, 2.24) is 9.97 Å². The van der Waals surface area contributed by atoms with Crippen LogP contribution in [0.5, 0.6) is 0 Å². The minimum Gasteiger partial charge on any atom is -0.512 e. The number of thiophene rings is 2. The van der Waals surface area contributed by atoms with E-state index in [0.29, 0.717) is 11.8 Å². The van der Waals surface area contributed by atoms with Gasteiger partial charge in [-0.1, -0.05) is 186 Å². The molecule has 0 aliphatic carbocycles. The first-order chi connectivity index (χ1) is 40.8. The number of rotatable bonds is 20. The van der Waals surface area contributed by atoms with Gasteiger partial charge in [0.25, 0.3) is 0 Å². The number of carbonyl (C=O) groups is 2. The van der Waals surface area contributed by atoms with Gasteiger partial charge >= 0.3 is 0 Å². The number of aromatic nitrogens is 2. The number of nitrogens with zero attached hydrogens (tertiary/aromatic N) is 2. The number of aryl methyl sites for hydroxylation is 4. The summed E-state index contributed by atoms with van der Waals surface area (Å²) in [5.41, 5.74) is 15.9. The van der Waals surface area contributed by atoms with E-state index in [0.717, 1.165) is 85.0 Å². The first-order valence-corrected chi connectivity index (χ1v) is 33.4. The second-order valence-electron chi connectivity index (χ2n) is 25.0. The number of ketones is 2. The van der Waals surface area contributed by atoms with Crippen molar-refractivity contribution in [3.05, 3.63) is 178 Å². The molecule has 6 nitrogen and oxygen atoms in total. The van der Waals surface area contributed by atoms with Crippen LogP contribution in [-0.2, 0) is 55.2 Å². The molecule has 8 rings (SSSR count). The van der Waals surface area contributed by atoms with E-state index in [1.165, 1.54) is 81.0 Å². The van der Waals surface area contributed by atoms with Crippen LogP contribution in [-0.4, -0.2) is 31.7 Å². The van der Waals surface area contributed by atoms with Crippen LogP contribution in [0.4, 0.5) is 0 Å². The SMILES string of the molecule is CCC(CC)C(=O)C=C(O)C(CC)CC.CCC(CC)C(=O)C=C(O)C(CC)CC.Cc1[c-]c(-c2cc3sc(-c4cc(C(C)C)cc(C(C)C)c4)cc3cn2)cc(C)c1.Cc1[c-]c(-c2cc3sc(-c4ccc(C(C)(C)C)cc4)cc3cn2)cc(C)c1.[Ir].[Ir]. The predicted molar refractivity (Wildman–Crippen MR) is 372 cm³/mol. The largest absolute Gasteiger partial charge is 0.512 e. The maximum absolute atomic E-state index is 11.7. The Morgan fingerprint density at radius 3 is 1.16 bits per heavy atom. The van der Waals surface area contributed by atoms with Gasteiger partial charge in [0.2, 0.25) is 0 Å². The van der Waals surface area contributed by atoms with Gasteiger partial charge in [-0.3, -0.25) is 9.59 Å². The fraction of sp³-hybridized carbons (Fsp3) is 0.436. The molecule has 4 aromatic carbocycles. The summed E-state index contributed by atoms with van der Waals surface area (Å²) in [5.74, 6) is 2.14. The van der Waals surface area contributed by atoms with E-state index >= 15 is 0 Å². The van der Waals surface area contributed by atoms with Gasteiger partial charge in [0.15, 0.2) is 11.6 Å². The van der Waals surface area contributed by atoms with Gasteiger partial charge in [0, 0.05) is 118 Å². The molecule has 0 amide bonds. The molecule has 0 aliphatic rings. The Hall–Kier alpha value is -5.18. The minimum atomic E-state index is 0. The number of hydrogen-bond acceptors (Lipinski definition) is 8. The molecule has 0 saturated heterocycles. The first-order valence-electron chi connectivity index (χ1n) is 31.8. The zero-order valence-corrected chi connectivity index (χ0v) is 62.6. The average Bonchev–Trinajstić information content (AvgIpc) is 3.56. The summed E-state index contributed by atoms with van der Waals surface area (Å²) in [6, 6.07) is 40.5. The Balaban J connectivity index is 0.000000319. The van der Waals surface area contributed by atoms with Crippen LogP contribution in [0.15, 0.2) is 127 Å². The molecule has 2 N–H and O–H groups in total. The summed E-state index contributed by atoms with van der Waals surface area (Å²) < 4.78 is 2.54. The third-order valence-corrected chi connectivity index (χ3v) is 18.7. The monoisotopic (exact) mass is 1580 g/mol. The van der Waals surface area contributed by atoms with Gasteiger partial charge in [-0.2, -0.15) is 0 Å². The van der Waals surface area contributed by atoms with E-state index in [-0.39, 0.29) is 92.4 Å². The number of aliphatic hydroxyl groups excluding tert-OH is 2. The predicted octanol–water partition coefficient (Wildman–Crippen LogP) is 23.4. The smallest absolute Gasteiger partial charge is 0.162 e. The number of aliphatic hydroxyl groups is 2. The molecular formula is C78H100Ir2N2O4S2-2. The molecule has 0 aliphatic heterocycles. The first kappa shape index (κ1) is 77.1. The number of pyridine rings is 2. The van der Waals surface area contributed by atoms with E-state index in [4.69, 9.17) is 4.98 Å². The Kier molecular flexibility index (Phi) is 32.1. The zero-order valence-electron chi connectivity index (χ0n) is 56.2. The molecule has 0 atom stereocenters. The Bertz CT molecular complexity index is 3430. The fourth-order valence-electron chi connectivity index (χ4n) is 10.7. The van der Waals surface area contributed by atoms with Crippen molar-refractivity contribution in [2.75, 3.05) is 0 Å². The van der Waals surface area contributed by atoms with Crippen LogP contribution in [0.2, 0.25) is 0 Å². The van der Waals surface area contributed by atoms with Crippen LogP contribution >= 0.6 is 22.7 Å². The molecule has 10 heteroatoms. The van der Waals surface area contributed by atoms with Crippen molar-refractivity contribution in [2.45, 2.75) is 200 Å². The van der Waals surface area contributed by atoms with Crippen LogP contribution < -0.4 is 0 Å². The molecule has 0 bridgehead atoms. The van der Waals surface area contributed by atoms with Gasteiger partial charge in [-0.05, 0) is 120 Å². The van der Waals surface area contributed by atoms with Gasteiger partial charge in [-0.25, -0.2) is 0 Å². The Morgan fingerprint density at radius 1 is 0.489 bits per heavy atom. The van der Waals surface area contributed by atoms with E-state index in [1.54, 1.807) is 0 Å². The number of benzene rings is 4. The van der Waals surface area contributed by atoms with E-state index in [9.17, 15) is 19.8 Å². The maximum Gasteiger partial charge on any atom is 0.162 e. The summed E-state index contributed by atoms with van der Waals surface area (Å²) in [6.45, 7) is 40.4. The average molecular weight is 1580 g/mol. The van der Waals surface area contributed by atoms with Crippen molar-refractivity contribution in [3.63, 3.8) is 0 Å². The van der Waals surface area contributed by atoms with E-state index in [1.807, 2.05) is 90.5 Å². The summed E-state index contributed by atoms with van der Waals surface area (Å²) in [4.78, 5) is 35.5. The summed E-state index contributed by atoms with van der Waals surface area (Å²) in [6.07, 6.45) is 13.8. The van der Waals surface area contributed by atoms with Crippen LogP contribution in [0.3, 0.4) is 0 Å². The minimum absolute atomic E-state index is 0. The van der Waals surface area contributed by atoms with E-state index < -0.39 is 0 Å². The molecule has 2 radical (unpaired) electrons. The molecule has 0 spiro atoms. The van der Waals surface area contributed by atoms with Gasteiger partial charge in [0.05, 0.1) is 11.5 Å². The number of allylic oxidation sites excluding steroid dienone is 4. The molecule has 4 aromatic heterocycles. The third-order valence-electron chi connectivity index (χ3n) is 16.4. The molecule has 478 valence electrons. The van der Waals surface area contributed by atoms with Crippen molar-refractivity contribution >= 4 is 54.4 Å². The van der Waals surface area contributed by atoms with Gasteiger partial charge < -0.3 is 20.2 Å². The summed E-state index contributed by atoms with van der Waals surface area (Å²) in [7, 11) is 0. The standard InChI is InChI=1S/C27H28NS.C25H24NS.2C13H24O2.2Ir/c1-16(2)20-10-21(17(3)4)12-23(11-20)26-13-24-15-28-25(14-27(24)29-26)22-8-18(5)7-19(6)9-22;1-16-10-17(2)12-19(11-16)22-14-24-20(15-26-22)13-23(27-24)18-6-8-21(9-7-18)25(3,4)5;2*1-5-10(6-2)12(14)9-13(15)11(7-3)8-4;;/h7-8,10-17H,1-6H3;6-11,13-15H,1-5H3;2*9-11,14H,5-8H2,1-4H3;;/q2*-1;;;;. The number of fused-ring (bicyclic) bond motifs is 2. The van der Waals surface area contributed by atoms with Gasteiger partial charge in [0.1, 0.15) is 0 Å². The number of hydrogen-bond donors (Lipinski definition) is 2. The van der Waals surface area contributed by atoms with E-state index in [2.05, 4.69) is 184 Å². The van der Waals surface area contributed by atoms with Crippen LogP contribution in [0.25, 0.3) is 63.6 Å². The molecule has 4 heterocycles. The number of carbonyl (C=O) groups excluding carboxylic acids is 2. The van der Waals surface area contributed by atoms with Crippen molar-refractivity contribution in [3.8, 4) is 43.4 Å². The second-order valence-corrected chi connectivity index (χ2v) is 27.1.